The molecule has 0 bridgehead atoms. The van der Waals surface area contributed by atoms with Crippen LogP contribution < -0.4 is 5.32 Å². The zero-order valence-corrected chi connectivity index (χ0v) is 11.7. The summed E-state index contributed by atoms with van der Waals surface area (Å²) >= 11 is 5.87. The summed E-state index contributed by atoms with van der Waals surface area (Å²) in [4.78, 5) is 27.1. The summed E-state index contributed by atoms with van der Waals surface area (Å²) in [5.41, 5.74) is 1.18. The number of carbonyl (C=O) groups is 2. The van der Waals surface area contributed by atoms with Gasteiger partial charge < -0.3 is 10.4 Å². The minimum atomic E-state index is -0.877. The number of pyridine rings is 1. The number of amides is 1. The van der Waals surface area contributed by atoms with Crippen LogP contribution in [-0.2, 0) is 11.2 Å². The molecular formula is C14H15ClN2O3. The van der Waals surface area contributed by atoms with Crippen molar-refractivity contribution in [3.8, 4) is 0 Å². The first-order chi connectivity index (χ1) is 9.49. The zero-order chi connectivity index (χ0) is 14.7. The standard InChI is InChI=1S/C14H15ClN2O3/c1-2-10-6-9(7-12(15)16-10)13(18)17-11-4-3-8(5-11)14(19)20/h3-4,6-8,11H,2,5H2,1H3,(H,17,18)(H,19,20). The van der Waals surface area contributed by atoms with Crippen LogP contribution in [0.1, 0.15) is 29.4 Å². The highest BCUT2D eigenvalue weighted by molar-refractivity contribution is 6.29. The zero-order valence-electron chi connectivity index (χ0n) is 11.0. The highest BCUT2D eigenvalue weighted by atomic mass is 35.5. The fraction of sp³-hybridized carbons (Fsp3) is 0.357. The van der Waals surface area contributed by atoms with E-state index in [0.717, 1.165) is 5.69 Å². The average Bonchev–Trinajstić information content (AvgIpc) is 2.86. The van der Waals surface area contributed by atoms with Crippen molar-refractivity contribution in [2.24, 2.45) is 5.92 Å². The molecule has 0 saturated carbocycles. The fourth-order valence-electron chi connectivity index (χ4n) is 2.10. The Morgan fingerprint density at radius 2 is 2.20 bits per heavy atom. The molecule has 0 aromatic carbocycles. The minimum Gasteiger partial charge on any atom is -0.481 e. The van der Waals surface area contributed by atoms with Gasteiger partial charge in [-0.05, 0) is 25.0 Å². The third kappa shape index (κ3) is 3.36. The van der Waals surface area contributed by atoms with Crippen molar-refractivity contribution in [1.29, 1.82) is 0 Å². The largest absolute Gasteiger partial charge is 0.481 e. The normalized spacial score (nSPS) is 20.9. The second kappa shape index (κ2) is 6.05. The third-order valence-electron chi connectivity index (χ3n) is 3.19. The molecule has 1 aromatic heterocycles. The number of carboxylic acids is 1. The van der Waals surface area contributed by atoms with Gasteiger partial charge in [-0.2, -0.15) is 0 Å². The van der Waals surface area contributed by atoms with Crippen LogP contribution in [-0.4, -0.2) is 28.0 Å². The predicted molar refractivity (Wildman–Crippen MR) is 74.8 cm³/mol. The SMILES string of the molecule is CCc1cc(C(=O)NC2C=CC(C(=O)O)C2)cc(Cl)n1. The molecule has 0 radical (unpaired) electrons. The molecule has 2 unspecified atom stereocenters. The summed E-state index contributed by atoms with van der Waals surface area (Å²) in [7, 11) is 0. The van der Waals surface area contributed by atoms with Crippen molar-refractivity contribution in [2.45, 2.75) is 25.8 Å². The molecule has 1 aliphatic carbocycles. The second-order valence-electron chi connectivity index (χ2n) is 4.67. The smallest absolute Gasteiger partial charge is 0.310 e. The molecule has 20 heavy (non-hydrogen) atoms. The highest BCUT2D eigenvalue weighted by Gasteiger charge is 2.25. The van der Waals surface area contributed by atoms with Crippen molar-refractivity contribution in [3.63, 3.8) is 0 Å². The van der Waals surface area contributed by atoms with E-state index in [-0.39, 0.29) is 17.1 Å². The number of aromatic nitrogens is 1. The van der Waals surface area contributed by atoms with E-state index < -0.39 is 11.9 Å². The van der Waals surface area contributed by atoms with Crippen LogP contribution in [0.4, 0.5) is 0 Å². The molecule has 1 heterocycles. The highest BCUT2D eigenvalue weighted by Crippen LogP contribution is 2.19. The van der Waals surface area contributed by atoms with Crippen molar-refractivity contribution in [2.75, 3.05) is 0 Å². The Hall–Kier alpha value is -1.88. The number of hydrogen-bond acceptors (Lipinski definition) is 3. The van der Waals surface area contributed by atoms with Crippen molar-refractivity contribution < 1.29 is 14.7 Å². The molecule has 0 fully saturated rings. The van der Waals surface area contributed by atoms with Crippen molar-refractivity contribution >= 4 is 23.5 Å². The molecule has 2 rings (SSSR count). The molecule has 1 aromatic rings. The van der Waals surface area contributed by atoms with Gasteiger partial charge in [-0.15, -0.1) is 0 Å². The Balaban J connectivity index is 2.04. The summed E-state index contributed by atoms with van der Waals surface area (Å²) in [6.45, 7) is 1.93. The average molecular weight is 295 g/mol. The Kier molecular flexibility index (Phi) is 4.39. The van der Waals surface area contributed by atoms with E-state index >= 15 is 0 Å². The topological polar surface area (TPSA) is 79.3 Å². The van der Waals surface area contributed by atoms with Gasteiger partial charge in [-0.3, -0.25) is 9.59 Å². The molecule has 2 N–H and O–H groups in total. The summed E-state index contributed by atoms with van der Waals surface area (Å²) < 4.78 is 0. The number of nitrogens with one attached hydrogen (secondary N) is 1. The fourth-order valence-corrected chi connectivity index (χ4v) is 2.33. The Morgan fingerprint density at radius 3 is 2.80 bits per heavy atom. The van der Waals surface area contributed by atoms with E-state index in [4.69, 9.17) is 16.7 Å². The van der Waals surface area contributed by atoms with Gasteiger partial charge in [0.05, 0.1) is 5.92 Å². The molecule has 0 aliphatic heterocycles. The Labute approximate surface area is 121 Å². The summed E-state index contributed by atoms with van der Waals surface area (Å²) in [6.07, 6.45) is 4.37. The van der Waals surface area contributed by atoms with Gasteiger partial charge in [-0.1, -0.05) is 30.7 Å². The summed E-state index contributed by atoms with van der Waals surface area (Å²) in [5.74, 6) is -1.68. The van der Waals surface area contributed by atoms with Crippen LogP contribution in [0.15, 0.2) is 24.3 Å². The van der Waals surface area contributed by atoms with E-state index in [1.807, 2.05) is 6.92 Å². The first-order valence-corrected chi connectivity index (χ1v) is 6.76. The number of rotatable bonds is 4. The van der Waals surface area contributed by atoms with Gasteiger partial charge in [0.1, 0.15) is 5.15 Å². The minimum absolute atomic E-state index is 0.263. The van der Waals surface area contributed by atoms with Gasteiger partial charge in [0.25, 0.3) is 5.91 Å². The van der Waals surface area contributed by atoms with Crippen LogP contribution in [0.3, 0.4) is 0 Å². The molecular weight excluding hydrogens is 280 g/mol. The second-order valence-corrected chi connectivity index (χ2v) is 5.06. The summed E-state index contributed by atoms with van der Waals surface area (Å²) in [6, 6.07) is 2.93. The first-order valence-electron chi connectivity index (χ1n) is 6.38. The quantitative estimate of drug-likeness (QED) is 0.658. The molecule has 0 saturated heterocycles. The molecule has 2 atom stereocenters. The van der Waals surface area contributed by atoms with Crippen molar-refractivity contribution in [3.05, 3.63) is 40.7 Å². The lowest BCUT2D eigenvalue weighted by Crippen LogP contribution is -2.33. The third-order valence-corrected chi connectivity index (χ3v) is 3.38. The van der Waals surface area contributed by atoms with Gasteiger partial charge in [-0.25, -0.2) is 4.98 Å². The number of carbonyl (C=O) groups excluding carboxylic acids is 1. The number of carboxylic acid groups (broad SMARTS) is 1. The van der Waals surface area contributed by atoms with Gasteiger partial charge in [0.15, 0.2) is 0 Å². The van der Waals surface area contributed by atoms with Gasteiger partial charge in [0.2, 0.25) is 0 Å². The lowest BCUT2D eigenvalue weighted by molar-refractivity contribution is -0.140. The van der Waals surface area contributed by atoms with E-state index in [1.54, 1.807) is 18.2 Å². The van der Waals surface area contributed by atoms with Gasteiger partial charge in [0, 0.05) is 17.3 Å². The maximum absolute atomic E-state index is 12.1. The molecule has 0 spiro atoms. The number of aliphatic carboxylic acids is 1. The first kappa shape index (κ1) is 14.5. The van der Waals surface area contributed by atoms with Crippen molar-refractivity contribution in [1.82, 2.24) is 10.3 Å². The van der Waals surface area contributed by atoms with Crippen LogP contribution in [0.25, 0.3) is 0 Å². The van der Waals surface area contributed by atoms with E-state index in [0.29, 0.717) is 18.4 Å². The van der Waals surface area contributed by atoms with Crippen LogP contribution in [0.5, 0.6) is 0 Å². The lowest BCUT2D eigenvalue weighted by Gasteiger charge is -2.12. The number of halogens is 1. The van der Waals surface area contributed by atoms with E-state index in [9.17, 15) is 9.59 Å². The number of nitrogens with zero attached hydrogens (tertiary/aromatic N) is 1. The molecule has 106 valence electrons. The molecule has 1 aliphatic rings. The van der Waals surface area contributed by atoms with E-state index in [2.05, 4.69) is 10.3 Å². The monoisotopic (exact) mass is 294 g/mol. The van der Waals surface area contributed by atoms with Crippen LogP contribution in [0.2, 0.25) is 5.15 Å². The maximum Gasteiger partial charge on any atom is 0.310 e. The Morgan fingerprint density at radius 1 is 1.45 bits per heavy atom. The summed E-state index contributed by atoms with van der Waals surface area (Å²) in [5, 5.41) is 12.0. The molecule has 6 heteroatoms. The number of aryl methyl sites for hydroxylation is 1. The number of hydrogen-bond donors (Lipinski definition) is 2. The van der Waals surface area contributed by atoms with Crippen LogP contribution >= 0.6 is 11.6 Å². The molecule has 5 nitrogen and oxygen atoms in total. The predicted octanol–water partition coefficient (Wildman–Crippen LogP) is 2.06. The maximum atomic E-state index is 12.1. The lowest BCUT2D eigenvalue weighted by atomic mass is 10.1. The van der Waals surface area contributed by atoms with Crippen LogP contribution in [0, 0.1) is 5.92 Å². The molecule has 1 amide bonds. The Bertz CT molecular complexity index is 572. The van der Waals surface area contributed by atoms with E-state index in [1.165, 1.54) is 6.07 Å². The van der Waals surface area contributed by atoms with Gasteiger partial charge >= 0.3 is 5.97 Å².